The SMILES string of the molecule is COCCn1ccnc1C1CCCN(C(=O)NCc2cccc(F)c2)C1. The van der Waals surface area contributed by atoms with E-state index in [9.17, 15) is 9.18 Å². The van der Waals surface area contributed by atoms with Gasteiger partial charge >= 0.3 is 6.03 Å². The Hall–Kier alpha value is -2.41. The summed E-state index contributed by atoms with van der Waals surface area (Å²) in [7, 11) is 1.68. The number of carbonyl (C=O) groups excluding carboxylic acids is 1. The zero-order chi connectivity index (χ0) is 18.4. The normalized spacial score (nSPS) is 17.3. The summed E-state index contributed by atoms with van der Waals surface area (Å²) in [5.41, 5.74) is 0.752. The van der Waals surface area contributed by atoms with Gasteiger partial charge in [-0.25, -0.2) is 14.2 Å². The molecule has 2 heterocycles. The first-order chi connectivity index (χ1) is 12.7. The quantitative estimate of drug-likeness (QED) is 0.862. The summed E-state index contributed by atoms with van der Waals surface area (Å²) >= 11 is 0. The van der Waals surface area contributed by atoms with Crippen LogP contribution in [0.1, 0.15) is 30.1 Å². The van der Waals surface area contributed by atoms with Crippen LogP contribution < -0.4 is 5.32 Å². The van der Waals surface area contributed by atoms with Crippen LogP contribution in [0.25, 0.3) is 0 Å². The summed E-state index contributed by atoms with van der Waals surface area (Å²) in [6.45, 7) is 3.07. The average Bonchev–Trinajstić information content (AvgIpc) is 3.13. The van der Waals surface area contributed by atoms with Crippen molar-refractivity contribution in [3.63, 3.8) is 0 Å². The zero-order valence-corrected chi connectivity index (χ0v) is 15.0. The number of carbonyl (C=O) groups is 1. The molecule has 1 aromatic carbocycles. The molecule has 26 heavy (non-hydrogen) atoms. The van der Waals surface area contributed by atoms with Gasteiger partial charge in [-0.1, -0.05) is 12.1 Å². The number of benzene rings is 1. The molecule has 3 rings (SSSR count). The molecule has 7 heteroatoms. The maximum Gasteiger partial charge on any atom is 0.317 e. The molecule has 0 bridgehead atoms. The van der Waals surface area contributed by atoms with Gasteiger partial charge < -0.3 is 19.5 Å². The maximum absolute atomic E-state index is 13.2. The second-order valence-electron chi connectivity index (χ2n) is 6.55. The van der Waals surface area contributed by atoms with Crippen molar-refractivity contribution in [1.82, 2.24) is 19.8 Å². The molecule has 1 N–H and O–H groups in total. The molecule has 6 nitrogen and oxygen atoms in total. The number of methoxy groups -OCH3 is 1. The number of hydrogen-bond acceptors (Lipinski definition) is 3. The van der Waals surface area contributed by atoms with Crippen molar-refractivity contribution in [1.29, 1.82) is 0 Å². The Morgan fingerprint density at radius 1 is 1.46 bits per heavy atom. The zero-order valence-electron chi connectivity index (χ0n) is 15.0. The highest BCUT2D eigenvalue weighted by molar-refractivity contribution is 5.74. The lowest BCUT2D eigenvalue weighted by Gasteiger charge is -2.32. The molecular weight excluding hydrogens is 335 g/mol. The van der Waals surface area contributed by atoms with Gasteiger partial charge in [0.05, 0.1) is 6.61 Å². The number of hydrogen-bond donors (Lipinski definition) is 1. The summed E-state index contributed by atoms with van der Waals surface area (Å²) in [6.07, 6.45) is 5.71. The number of rotatable bonds is 6. The van der Waals surface area contributed by atoms with E-state index in [2.05, 4.69) is 14.9 Å². The second-order valence-corrected chi connectivity index (χ2v) is 6.55. The fourth-order valence-electron chi connectivity index (χ4n) is 3.37. The maximum atomic E-state index is 13.2. The van der Waals surface area contributed by atoms with Crippen LogP contribution in [0.3, 0.4) is 0 Å². The van der Waals surface area contributed by atoms with E-state index in [1.54, 1.807) is 25.4 Å². The molecule has 1 saturated heterocycles. The Kier molecular flexibility index (Phi) is 6.22. The molecule has 1 aliphatic rings. The highest BCUT2D eigenvalue weighted by Crippen LogP contribution is 2.26. The van der Waals surface area contributed by atoms with E-state index in [1.165, 1.54) is 12.1 Å². The molecule has 1 fully saturated rings. The predicted octanol–water partition coefficient (Wildman–Crippen LogP) is 2.76. The van der Waals surface area contributed by atoms with Crippen molar-refractivity contribution < 1.29 is 13.9 Å². The molecule has 0 spiro atoms. The third-order valence-corrected chi connectivity index (χ3v) is 4.69. The minimum Gasteiger partial charge on any atom is -0.383 e. The minimum atomic E-state index is -0.294. The van der Waals surface area contributed by atoms with Crippen LogP contribution in [-0.2, 0) is 17.8 Å². The van der Waals surface area contributed by atoms with Crippen LogP contribution in [0, 0.1) is 5.82 Å². The standard InChI is InChI=1S/C19H25FN4O2/c1-26-11-10-23-9-7-21-18(23)16-5-3-8-24(14-16)19(25)22-13-15-4-2-6-17(20)12-15/h2,4,6-7,9,12,16H,3,5,8,10-11,13-14H2,1H3,(H,22,25). The Labute approximate surface area is 153 Å². The van der Waals surface area contributed by atoms with Crippen LogP contribution in [-0.4, -0.2) is 47.3 Å². The van der Waals surface area contributed by atoms with Crippen molar-refractivity contribution in [2.24, 2.45) is 0 Å². The van der Waals surface area contributed by atoms with E-state index >= 15 is 0 Å². The molecule has 0 radical (unpaired) electrons. The molecule has 140 valence electrons. The van der Waals surface area contributed by atoms with Crippen LogP contribution in [0.15, 0.2) is 36.7 Å². The summed E-state index contributed by atoms with van der Waals surface area (Å²) in [6, 6.07) is 6.16. The number of ether oxygens (including phenoxy) is 1. The van der Waals surface area contributed by atoms with Gasteiger partial charge in [-0.3, -0.25) is 0 Å². The number of nitrogens with zero attached hydrogens (tertiary/aromatic N) is 3. The molecule has 2 amide bonds. The van der Waals surface area contributed by atoms with Gasteiger partial charge in [-0.15, -0.1) is 0 Å². The van der Waals surface area contributed by atoms with E-state index in [0.29, 0.717) is 19.7 Å². The van der Waals surface area contributed by atoms with E-state index in [-0.39, 0.29) is 17.8 Å². The molecule has 1 unspecified atom stereocenters. The number of aromatic nitrogens is 2. The van der Waals surface area contributed by atoms with Crippen molar-refractivity contribution in [3.05, 3.63) is 53.9 Å². The van der Waals surface area contributed by atoms with Gasteiger partial charge in [0.15, 0.2) is 0 Å². The van der Waals surface area contributed by atoms with Gasteiger partial charge in [0.25, 0.3) is 0 Å². The van der Waals surface area contributed by atoms with Gasteiger partial charge in [-0.05, 0) is 30.5 Å². The van der Waals surface area contributed by atoms with Crippen LogP contribution in [0.4, 0.5) is 9.18 Å². The summed E-state index contributed by atoms with van der Waals surface area (Å²) in [5.74, 6) is 0.929. The van der Waals surface area contributed by atoms with E-state index in [1.807, 2.05) is 11.1 Å². The highest BCUT2D eigenvalue weighted by atomic mass is 19.1. The Balaban J connectivity index is 1.57. The van der Waals surface area contributed by atoms with Crippen LogP contribution in [0.5, 0.6) is 0 Å². The monoisotopic (exact) mass is 360 g/mol. The molecule has 2 aromatic rings. The first kappa shape index (κ1) is 18.4. The third-order valence-electron chi connectivity index (χ3n) is 4.69. The summed E-state index contributed by atoms with van der Waals surface area (Å²) in [4.78, 5) is 18.8. The van der Waals surface area contributed by atoms with E-state index in [4.69, 9.17) is 4.74 Å². The molecule has 1 aromatic heterocycles. The van der Waals surface area contributed by atoms with Gasteiger partial charge in [0, 0.05) is 51.6 Å². The average molecular weight is 360 g/mol. The van der Waals surface area contributed by atoms with Crippen molar-refractivity contribution >= 4 is 6.03 Å². The van der Waals surface area contributed by atoms with Gasteiger partial charge in [0.1, 0.15) is 11.6 Å². The fraction of sp³-hybridized carbons (Fsp3) is 0.474. The Morgan fingerprint density at radius 2 is 2.35 bits per heavy atom. The van der Waals surface area contributed by atoms with Gasteiger partial charge in [-0.2, -0.15) is 0 Å². The molecule has 0 aliphatic carbocycles. The molecular formula is C19H25FN4O2. The van der Waals surface area contributed by atoms with Crippen molar-refractivity contribution in [3.8, 4) is 0 Å². The Morgan fingerprint density at radius 3 is 3.15 bits per heavy atom. The van der Waals surface area contributed by atoms with Crippen molar-refractivity contribution in [2.75, 3.05) is 26.8 Å². The number of halogens is 1. The Bertz CT molecular complexity index is 734. The second kappa shape index (κ2) is 8.80. The third kappa shape index (κ3) is 4.60. The number of amides is 2. The lowest BCUT2D eigenvalue weighted by atomic mass is 9.97. The number of nitrogens with one attached hydrogen (secondary N) is 1. The van der Waals surface area contributed by atoms with Gasteiger partial charge in [0.2, 0.25) is 0 Å². The number of imidazole rings is 1. The molecule has 0 saturated carbocycles. The van der Waals surface area contributed by atoms with Crippen LogP contribution >= 0.6 is 0 Å². The largest absolute Gasteiger partial charge is 0.383 e. The van der Waals surface area contributed by atoms with Crippen molar-refractivity contribution in [2.45, 2.75) is 31.8 Å². The molecule has 1 atom stereocenters. The van der Waals surface area contributed by atoms with Crippen LogP contribution in [0.2, 0.25) is 0 Å². The fourth-order valence-corrected chi connectivity index (χ4v) is 3.37. The first-order valence-electron chi connectivity index (χ1n) is 8.94. The van der Waals surface area contributed by atoms with E-state index in [0.717, 1.165) is 37.3 Å². The predicted molar refractivity (Wildman–Crippen MR) is 96.3 cm³/mol. The number of urea groups is 1. The lowest BCUT2D eigenvalue weighted by Crippen LogP contribution is -2.45. The smallest absolute Gasteiger partial charge is 0.317 e. The lowest BCUT2D eigenvalue weighted by molar-refractivity contribution is 0.172. The highest BCUT2D eigenvalue weighted by Gasteiger charge is 2.27. The van der Waals surface area contributed by atoms with E-state index < -0.39 is 0 Å². The molecule has 1 aliphatic heterocycles. The topological polar surface area (TPSA) is 59.4 Å². The summed E-state index contributed by atoms with van der Waals surface area (Å²) in [5, 5.41) is 2.88. The summed E-state index contributed by atoms with van der Waals surface area (Å²) < 4.78 is 20.5. The number of piperidine rings is 1. The minimum absolute atomic E-state index is 0.117. The first-order valence-corrected chi connectivity index (χ1v) is 8.94. The number of likely N-dealkylation sites (tertiary alicyclic amines) is 1.